The van der Waals surface area contributed by atoms with Crippen LogP contribution in [0, 0.1) is 0 Å². The van der Waals surface area contributed by atoms with Gasteiger partial charge in [0.2, 0.25) is 0 Å². The van der Waals surface area contributed by atoms with Crippen LogP contribution < -0.4 is 0 Å². The Balaban J connectivity index is 0.000000753. The van der Waals surface area contributed by atoms with Gasteiger partial charge in [-0.3, -0.25) is 0 Å². The molecule has 2 aromatic carbocycles. The van der Waals surface area contributed by atoms with Crippen LogP contribution >= 0.6 is 0 Å². The van der Waals surface area contributed by atoms with E-state index in [1.54, 1.807) is 0 Å². The van der Waals surface area contributed by atoms with Gasteiger partial charge in [-0.1, -0.05) is 69.0 Å². The summed E-state index contributed by atoms with van der Waals surface area (Å²) in [4.78, 5) is 3.60. The molecule has 0 amide bonds. The predicted octanol–water partition coefficient (Wildman–Crippen LogP) is 6.42. The maximum absolute atomic E-state index is 3.99. The van der Waals surface area contributed by atoms with E-state index in [1.807, 2.05) is 19.9 Å². The molecule has 116 valence electrons. The Morgan fingerprint density at radius 2 is 1.83 bits per heavy atom. The SMILES string of the molecule is C=CC1=C(/C=C\C)Cc2c1ccc1c2[nH]c2ccccc21.CC. The molecule has 0 atom stereocenters. The maximum Gasteiger partial charge on any atom is 0.0507 e. The molecule has 0 fully saturated rings. The van der Waals surface area contributed by atoms with E-state index >= 15 is 0 Å². The largest absolute Gasteiger partial charge is 0.354 e. The molecular formula is C22H23N. The van der Waals surface area contributed by atoms with Crippen LogP contribution in [0.4, 0.5) is 0 Å². The number of aromatic amines is 1. The lowest BCUT2D eigenvalue weighted by Crippen LogP contribution is -1.86. The topological polar surface area (TPSA) is 15.8 Å². The molecule has 1 aliphatic carbocycles. The molecule has 1 heteroatoms. The molecule has 3 aromatic rings. The van der Waals surface area contributed by atoms with Gasteiger partial charge in [0, 0.05) is 22.7 Å². The fraction of sp³-hybridized carbons (Fsp3) is 0.182. The molecule has 0 bridgehead atoms. The van der Waals surface area contributed by atoms with E-state index in [4.69, 9.17) is 0 Å². The minimum absolute atomic E-state index is 0.977. The normalized spacial score (nSPS) is 13.5. The highest BCUT2D eigenvalue weighted by Crippen LogP contribution is 2.40. The van der Waals surface area contributed by atoms with Crippen molar-refractivity contribution < 1.29 is 0 Å². The number of allylic oxidation sites excluding steroid dienone is 5. The van der Waals surface area contributed by atoms with E-state index in [9.17, 15) is 0 Å². The molecule has 0 radical (unpaired) electrons. The van der Waals surface area contributed by atoms with Crippen molar-refractivity contribution in [1.82, 2.24) is 4.98 Å². The zero-order chi connectivity index (χ0) is 16.4. The Morgan fingerprint density at radius 3 is 2.57 bits per heavy atom. The second kappa shape index (κ2) is 6.29. The van der Waals surface area contributed by atoms with Gasteiger partial charge in [-0.25, -0.2) is 0 Å². The monoisotopic (exact) mass is 301 g/mol. The van der Waals surface area contributed by atoms with Crippen molar-refractivity contribution in [2.24, 2.45) is 0 Å². The summed E-state index contributed by atoms with van der Waals surface area (Å²) in [7, 11) is 0. The summed E-state index contributed by atoms with van der Waals surface area (Å²) in [5.41, 5.74) is 7.81. The van der Waals surface area contributed by atoms with Crippen molar-refractivity contribution in [3.05, 3.63) is 77.9 Å². The highest BCUT2D eigenvalue weighted by Gasteiger charge is 2.21. The van der Waals surface area contributed by atoms with Crippen molar-refractivity contribution in [3.8, 4) is 0 Å². The quantitative estimate of drug-likeness (QED) is 0.562. The summed E-state index contributed by atoms with van der Waals surface area (Å²) in [6, 6.07) is 13.0. The number of nitrogens with one attached hydrogen (secondary N) is 1. The molecule has 1 nitrogen and oxygen atoms in total. The van der Waals surface area contributed by atoms with Crippen LogP contribution in [0.15, 0.2) is 66.8 Å². The maximum atomic E-state index is 3.99. The number of aromatic nitrogens is 1. The zero-order valence-electron chi connectivity index (χ0n) is 14.1. The average molecular weight is 301 g/mol. The molecule has 0 unspecified atom stereocenters. The summed E-state index contributed by atoms with van der Waals surface area (Å²) in [6.45, 7) is 10.1. The Bertz CT molecular complexity index is 935. The molecule has 0 saturated carbocycles. The van der Waals surface area contributed by atoms with E-state index in [2.05, 4.69) is 67.0 Å². The summed E-state index contributed by atoms with van der Waals surface area (Å²) in [5.74, 6) is 0. The highest BCUT2D eigenvalue weighted by atomic mass is 14.7. The molecule has 0 saturated heterocycles. The average Bonchev–Trinajstić information content (AvgIpc) is 3.14. The number of fused-ring (bicyclic) bond motifs is 5. The smallest absolute Gasteiger partial charge is 0.0507 e. The van der Waals surface area contributed by atoms with Crippen LogP contribution in [-0.2, 0) is 6.42 Å². The van der Waals surface area contributed by atoms with E-state index < -0.39 is 0 Å². The Hall–Kier alpha value is -2.54. The molecule has 1 aromatic heterocycles. The van der Waals surface area contributed by atoms with Crippen LogP contribution in [-0.4, -0.2) is 4.98 Å². The van der Waals surface area contributed by atoms with E-state index in [0.29, 0.717) is 0 Å². The van der Waals surface area contributed by atoms with Gasteiger partial charge in [-0.15, -0.1) is 0 Å². The first-order chi connectivity index (χ1) is 11.3. The third-order valence-electron chi connectivity index (χ3n) is 4.37. The molecule has 0 spiro atoms. The van der Waals surface area contributed by atoms with Gasteiger partial charge in [0.05, 0.1) is 5.52 Å². The molecule has 1 heterocycles. The molecule has 0 aliphatic heterocycles. The lowest BCUT2D eigenvalue weighted by atomic mass is 10.0. The van der Waals surface area contributed by atoms with Gasteiger partial charge < -0.3 is 4.98 Å². The van der Waals surface area contributed by atoms with Crippen molar-refractivity contribution in [2.45, 2.75) is 27.2 Å². The first kappa shape index (κ1) is 15.4. The molecule has 1 aliphatic rings. The van der Waals surface area contributed by atoms with Crippen molar-refractivity contribution >= 4 is 27.4 Å². The second-order valence-corrected chi connectivity index (χ2v) is 5.50. The van der Waals surface area contributed by atoms with Crippen molar-refractivity contribution in [3.63, 3.8) is 0 Å². The zero-order valence-corrected chi connectivity index (χ0v) is 14.1. The minimum Gasteiger partial charge on any atom is -0.354 e. The second-order valence-electron chi connectivity index (χ2n) is 5.50. The number of hydrogen-bond donors (Lipinski definition) is 1. The summed E-state index contributed by atoms with van der Waals surface area (Å²) in [6.07, 6.45) is 7.26. The lowest BCUT2D eigenvalue weighted by Gasteiger charge is -2.03. The first-order valence-electron chi connectivity index (χ1n) is 8.34. The Morgan fingerprint density at radius 1 is 1.04 bits per heavy atom. The lowest BCUT2D eigenvalue weighted by molar-refractivity contribution is 1.25. The van der Waals surface area contributed by atoms with Gasteiger partial charge in [0.25, 0.3) is 0 Å². The van der Waals surface area contributed by atoms with Crippen LogP contribution in [0.3, 0.4) is 0 Å². The van der Waals surface area contributed by atoms with Crippen LogP contribution in [0.2, 0.25) is 0 Å². The number of benzene rings is 2. The number of rotatable bonds is 2. The van der Waals surface area contributed by atoms with E-state index in [1.165, 1.54) is 44.1 Å². The molecule has 1 N–H and O–H groups in total. The third-order valence-corrected chi connectivity index (χ3v) is 4.37. The summed E-state index contributed by atoms with van der Waals surface area (Å²) < 4.78 is 0. The number of hydrogen-bond acceptors (Lipinski definition) is 0. The van der Waals surface area contributed by atoms with Gasteiger partial charge in [-0.05, 0) is 35.3 Å². The highest BCUT2D eigenvalue weighted by molar-refractivity contribution is 6.10. The van der Waals surface area contributed by atoms with Crippen LogP contribution in [0.1, 0.15) is 31.9 Å². The summed E-state index contributed by atoms with van der Waals surface area (Å²) in [5, 5.41) is 2.62. The van der Waals surface area contributed by atoms with E-state index in [0.717, 1.165) is 6.42 Å². The molecule has 4 rings (SSSR count). The fourth-order valence-corrected chi connectivity index (χ4v) is 3.46. The third kappa shape index (κ3) is 2.33. The van der Waals surface area contributed by atoms with Crippen LogP contribution in [0.5, 0.6) is 0 Å². The summed E-state index contributed by atoms with van der Waals surface area (Å²) >= 11 is 0. The molecule has 23 heavy (non-hydrogen) atoms. The number of para-hydroxylation sites is 1. The van der Waals surface area contributed by atoms with Gasteiger partial charge >= 0.3 is 0 Å². The van der Waals surface area contributed by atoms with Gasteiger partial charge in [0.1, 0.15) is 0 Å². The van der Waals surface area contributed by atoms with Gasteiger partial charge in [0.15, 0.2) is 0 Å². The molecular weight excluding hydrogens is 278 g/mol. The van der Waals surface area contributed by atoms with Crippen LogP contribution in [0.25, 0.3) is 27.4 Å². The Kier molecular flexibility index (Phi) is 4.20. The predicted molar refractivity (Wildman–Crippen MR) is 103 cm³/mol. The van der Waals surface area contributed by atoms with Gasteiger partial charge in [-0.2, -0.15) is 0 Å². The number of H-pyrrole nitrogens is 1. The standard InChI is InChI=1S/C20H17N.C2H6/c1-3-7-13-12-18-15(14(13)4-2)10-11-17-16-8-5-6-9-19(16)21-20(17)18;1-2/h3-11,21H,2,12H2,1H3;1-2H3/b7-3-;. The Labute approximate surface area is 138 Å². The van der Waals surface area contributed by atoms with Crippen molar-refractivity contribution in [2.75, 3.05) is 0 Å². The fourth-order valence-electron chi connectivity index (χ4n) is 3.46. The minimum atomic E-state index is 0.977. The van der Waals surface area contributed by atoms with Crippen molar-refractivity contribution in [1.29, 1.82) is 0 Å². The van der Waals surface area contributed by atoms with E-state index in [-0.39, 0.29) is 0 Å². The first-order valence-corrected chi connectivity index (χ1v) is 8.34.